The zero-order valence-electron chi connectivity index (χ0n) is 9.64. The summed E-state index contributed by atoms with van der Waals surface area (Å²) >= 11 is 3.26. The van der Waals surface area contributed by atoms with E-state index in [-0.39, 0.29) is 5.69 Å². The Morgan fingerprint density at radius 2 is 2.29 bits per heavy atom. The summed E-state index contributed by atoms with van der Waals surface area (Å²) in [6, 6.07) is 4.67. The highest BCUT2D eigenvalue weighted by atomic mass is 79.9. The molecule has 0 spiro atoms. The van der Waals surface area contributed by atoms with E-state index in [1.165, 1.54) is 6.07 Å². The van der Waals surface area contributed by atoms with Gasteiger partial charge in [-0.2, -0.15) is 0 Å². The van der Waals surface area contributed by atoms with E-state index in [0.29, 0.717) is 24.6 Å². The molecule has 6 heteroatoms. The van der Waals surface area contributed by atoms with Gasteiger partial charge in [0.25, 0.3) is 5.69 Å². The van der Waals surface area contributed by atoms with Crippen molar-refractivity contribution in [1.29, 1.82) is 0 Å². The molecule has 1 aromatic carbocycles. The van der Waals surface area contributed by atoms with Crippen LogP contribution >= 0.6 is 15.9 Å². The number of hydrogen-bond donors (Lipinski definition) is 0. The molecule has 92 valence electrons. The van der Waals surface area contributed by atoms with Crippen LogP contribution < -0.4 is 0 Å². The third-order valence-corrected chi connectivity index (χ3v) is 2.45. The molecule has 0 radical (unpaired) electrons. The van der Waals surface area contributed by atoms with Crippen LogP contribution in [0, 0.1) is 10.1 Å². The van der Waals surface area contributed by atoms with E-state index in [9.17, 15) is 10.1 Å². The maximum atomic E-state index is 10.8. The Morgan fingerprint density at radius 1 is 1.59 bits per heavy atom. The van der Waals surface area contributed by atoms with Gasteiger partial charge >= 0.3 is 0 Å². The van der Waals surface area contributed by atoms with Crippen molar-refractivity contribution < 1.29 is 9.66 Å². The van der Waals surface area contributed by atoms with Crippen molar-refractivity contribution in [3.63, 3.8) is 0 Å². The quantitative estimate of drug-likeness (QED) is 0.475. The van der Waals surface area contributed by atoms with E-state index in [1.807, 2.05) is 6.92 Å². The highest BCUT2D eigenvalue weighted by molar-refractivity contribution is 9.10. The average molecular weight is 301 g/mol. The number of ether oxygens (including phenoxy) is 1. The second-order valence-electron chi connectivity index (χ2n) is 3.37. The van der Waals surface area contributed by atoms with Gasteiger partial charge in [-0.25, -0.2) is 4.99 Å². The smallest absolute Gasteiger partial charge is 0.294 e. The lowest BCUT2D eigenvalue weighted by Gasteiger charge is -2.02. The third-order valence-electron chi connectivity index (χ3n) is 1.96. The van der Waals surface area contributed by atoms with Crippen LogP contribution in [0.15, 0.2) is 27.7 Å². The lowest BCUT2D eigenvalue weighted by Crippen LogP contribution is -2.04. The molecule has 5 nitrogen and oxygen atoms in total. The first-order valence-electron chi connectivity index (χ1n) is 5.10. The summed E-state index contributed by atoms with van der Waals surface area (Å²) in [6.45, 7) is 4.63. The van der Waals surface area contributed by atoms with Crippen LogP contribution in [-0.4, -0.2) is 23.8 Å². The van der Waals surface area contributed by atoms with Crippen molar-refractivity contribution in [2.75, 3.05) is 13.2 Å². The van der Waals surface area contributed by atoms with Crippen molar-refractivity contribution in [3.8, 4) is 0 Å². The van der Waals surface area contributed by atoms with Gasteiger partial charge in [0.1, 0.15) is 5.69 Å². The van der Waals surface area contributed by atoms with Gasteiger partial charge in [0.05, 0.1) is 11.5 Å². The Bertz CT molecular complexity index is 446. The van der Waals surface area contributed by atoms with Gasteiger partial charge in [0.2, 0.25) is 0 Å². The Balaban J connectivity index is 3.03. The summed E-state index contributed by atoms with van der Waals surface area (Å²) in [7, 11) is 0. The zero-order chi connectivity index (χ0) is 12.8. The van der Waals surface area contributed by atoms with Crippen molar-refractivity contribution in [2.24, 2.45) is 4.99 Å². The predicted molar refractivity (Wildman–Crippen MR) is 70.1 cm³/mol. The number of aliphatic imine (C=N–C) groups is 1. The van der Waals surface area contributed by atoms with E-state index in [0.717, 1.165) is 4.47 Å². The monoisotopic (exact) mass is 300 g/mol. The maximum Gasteiger partial charge on any atom is 0.294 e. The van der Waals surface area contributed by atoms with Gasteiger partial charge in [0.15, 0.2) is 0 Å². The average Bonchev–Trinajstić information content (AvgIpc) is 2.26. The fraction of sp³-hybridized carbons (Fsp3) is 0.364. The molecular formula is C11H13BrN2O3. The number of hydrogen-bond acceptors (Lipinski definition) is 4. The minimum absolute atomic E-state index is 0.0101. The molecule has 0 amide bonds. The summed E-state index contributed by atoms with van der Waals surface area (Å²) in [5.74, 6) is 0. The van der Waals surface area contributed by atoms with Gasteiger partial charge in [-0.15, -0.1) is 0 Å². The standard InChI is InChI=1S/C11H13BrN2O3/c1-3-17-7-8(2)13-10-6-9(12)4-5-11(10)14(15)16/h4-6H,3,7H2,1-2H3. The topological polar surface area (TPSA) is 64.7 Å². The normalized spacial score (nSPS) is 11.6. The minimum Gasteiger partial charge on any atom is -0.376 e. The van der Waals surface area contributed by atoms with E-state index in [4.69, 9.17) is 4.74 Å². The molecular weight excluding hydrogens is 288 g/mol. The second kappa shape index (κ2) is 6.46. The molecule has 1 rings (SSSR count). The fourth-order valence-electron chi connectivity index (χ4n) is 1.23. The second-order valence-corrected chi connectivity index (χ2v) is 4.29. The molecule has 0 fully saturated rings. The van der Waals surface area contributed by atoms with Crippen molar-refractivity contribution in [1.82, 2.24) is 0 Å². The molecule has 17 heavy (non-hydrogen) atoms. The predicted octanol–water partition coefficient (Wildman–Crippen LogP) is 3.49. The molecule has 0 saturated heterocycles. The van der Waals surface area contributed by atoms with Crippen molar-refractivity contribution in [2.45, 2.75) is 13.8 Å². The van der Waals surface area contributed by atoms with E-state index < -0.39 is 4.92 Å². The molecule has 0 N–H and O–H groups in total. The van der Waals surface area contributed by atoms with Gasteiger partial charge in [-0.05, 0) is 26.0 Å². The summed E-state index contributed by atoms with van der Waals surface area (Å²) in [5.41, 5.74) is 1.03. The number of halogens is 1. The molecule has 0 atom stereocenters. The molecule has 0 aliphatic carbocycles. The Hall–Kier alpha value is -1.27. The van der Waals surface area contributed by atoms with Crippen LogP contribution in [0.4, 0.5) is 11.4 Å². The van der Waals surface area contributed by atoms with Gasteiger partial charge < -0.3 is 4.74 Å². The number of nitro groups is 1. The van der Waals surface area contributed by atoms with Gasteiger partial charge in [0, 0.05) is 22.9 Å². The highest BCUT2D eigenvalue weighted by Gasteiger charge is 2.13. The number of nitrogens with zero attached hydrogens (tertiary/aromatic N) is 2. The first-order valence-corrected chi connectivity index (χ1v) is 5.89. The molecule has 0 heterocycles. The number of rotatable bonds is 5. The fourth-order valence-corrected chi connectivity index (χ4v) is 1.58. The largest absolute Gasteiger partial charge is 0.376 e. The Kier molecular flexibility index (Phi) is 5.24. The first kappa shape index (κ1) is 13.8. The van der Waals surface area contributed by atoms with Crippen LogP contribution in [0.2, 0.25) is 0 Å². The van der Waals surface area contributed by atoms with Crippen LogP contribution in [0.25, 0.3) is 0 Å². The van der Waals surface area contributed by atoms with E-state index in [2.05, 4.69) is 20.9 Å². The van der Waals surface area contributed by atoms with Crippen LogP contribution in [0.1, 0.15) is 13.8 Å². The zero-order valence-corrected chi connectivity index (χ0v) is 11.2. The first-order chi connectivity index (χ1) is 8.04. The SMILES string of the molecule is CCOCC(C)=Nc1cc(Br)ccc1[N+](=O)[O-]. The van der Waals surface area contributed by atoms with Gasteiger partial charge in [-0.3, -0.25) is 10.1 Å². The summed E-state index contributed by atoms with van der Waals surface area (Å²) in [4.78, 5) is 14.6. The van der Waals surface area contributed by atoms with Crippen molar-refractivity contribution in [3.05, 3.63) is 32.8 Å². The van der Waals surface area contributed by atoms with Crippen LogP contribution in [0.3, 0.4) is 0 Å². The minimum atomic E-state index is -0.445. The maximum absolute atomic E-state index is 10.8. The lowest BCUT2D eigenvalue weighted by molar-refractivity contribution is -0.384. The molecule has 0 aliphatic heterocycles. The van der Waals surface area contributed by atoms with Gasteiger partial charge in [-0.1, -0.05) is 15.9 Å². The molecule has 0 aromatic heterocycles. The van der Waals surface area contributed by atoms with Crippen LogP contribution in [-0.2, 0) is 4.74 Å². The number of benzene rings is 1. The Morgan fingerprint density at radius 3 is 2.88 bits per heavy atom. The summed E-state index contributed by atoms with van der Waals surface area (Å²) in [5, 5.41) is 10.8. The van der Waals surface area contributed by atoms with Crippen molar-refractivity contribution >= 4 is 33.0 Å². The summed E-state index contributed by atoms with van der Waals surface area (Å²) in [6.07, 6.45) is 0. The van der Waals surface area contributed by atoms with E-state index in [1.54, 1.807) is 19.1 Å². The third kappa shape index (κ3) is 4.24. The van der Waals surface area contributed by atoms with Crippen LogP contribution in [0.5, 0.6) is 0 Å². The number of nitro benzene ring substituents is 1. The molecule has 0 saturated carbocycles. The molecule has 0 bridgehead atoms. The Labute approximate surface area is 108 Å². The molecule has 0 unspecified atom stereocenters. The van der Waals surface area contributed by atoms with E-state index >= 15 is 0 Å². The molecule has 0 aliphatic rings. The lowest BCUT2D eigenvalue weighted by atomic mass is 10.2. The molecule has 1 aromatic rings. The summed E-state index contributed by atoms with van der Waals surface area (Å²) < 4.78 is 5.94. The highest BCUT2D eigenvalue weighted by Crippen LogP contribution is 2.30.